The second-order valence-corrected chi connectivity index (χ2v) is 7.06. The van der Waals surface area contributed by atoms with E-state index in [9.17, 15) is 9.18 Å². The van der Waals surface area contributed by atoms with Crippen molar-refractivity contribution in [2.24, 2.45) is 0 Å². The van der Waals surface area contributed by atoms with Crippen molar-refractivity contribution < 1.29 is 18.7 Å². The van der Waals surface area contributed by atoms with Gasteiger partial charge in [0.25, 0.3) is 5.91 Å². The van der Waals surface area contributed by atoms with E-state index in [0.29, 0.717) is 30.0 Å². The number of carbonyl (C=O) groups is 1. The minimum atomic E-state index is -0.445. The average Bonchev–Trinajstić information content (AvgIpc) is 3.20. The summed E-state index contributed by atoms with van der Waals surface area (Å²) in [5.74, 6) is 0.217. The Kier molecular flexibility index (Phi) is 6.08. The Morgan fingerprint density at radius 1 is 1.15 bits per heavy atom. The SMILES string of the molecule is COc1ccc(CN(C)C(=O)c2cccc(OCc3cccs3)c2)cc1F. The molecule has 0 N–H and O–H groups in total. The molecule has 0 saturated heterocycles. The van der Waals surface area contributed by atoms with Gasteiger partial charge in [-0.2, -0.15) is 0 Å². The van der Waals surface area contributed by atoms with Crippen molar-refractivity contribution in [3.63, 3.8) is 0 Å². The van der Waals surface area contributed by atoms with E-state index in [2.05, 4.69) is 0 Å². The van der Waals surface area contributed by atoms with E-state index in [0.717, 1.165) is 4.88 Å². The molecule has 140 valence electrons. The summed E-state index contributed by atoms with van der Waals surface area (Å²) in [4.78, 5) is 15.4. The van der Waals surface area contributed by atoms with E-state index >= 15 is 0 Å². The van der Waals surface area contributed by atoms with Crippen molar-refractivity contribution in [1.82, 2.24) is 4.90 Å². The van der Waals surface area contributed by atoms with Crippen molar-refractivity contribution in [3.8, 4) is 11.5 Å². The third-order valence-electron chi connectivity index (χ3n) is 4.02. The number of nitrogens with zero attached hydrogens (tertiary/aromatic N) is 1. The van der Waals surface area contributed by atoms with Gasteiger partial charge in [-0.1, -0.05) is 18.2 Å². The number of hydrogen-bond acceptors (Lipinski definition) is 4. The Bertz CT molecular complexity index is 912. The quantitative estimate of drug-likeness (QED) is 0.589. The van der Waals surface area contributed by atoms with Crippen LogP contribution in [0.5, 0.6) is 11.5 Å². The minimum absolute atomic E-state index is 0.159. The second kappa shape index (κ2) is 8.68. The molecule has 0 saturated carbocycles. The summed E-state index contributed by atoms with van der Waals surface area (Å²) in [7, 11) is 3.10. The molecular weight excluding hydrogens is 365 g/mol. The second-order valence-electron chi connectivity index (χ2n) is 6.03. The van der Waals surface area contributed by atoms with Crippen molar-refractivity contribution in [3.05, 3.63) is 81.8 Å². The average molecular weight is 385 g/mol. The first-order valence-corrected chi connectivity index (χ1v) is 9.28. The van der Waals surface area contributed by atoms with Crippen LogP contribution >= 0.6 is 11.3 Å². The predicted molar refractivity (Wildman–Crippen MR) is 104 cm³/mol. The van der Waals surface area contributed by atoms with Crippen LogP contribution in [-0.2, 0) is 13.2 Å². The maximum absolute atomic E-state index is 13.8. The van der Waals surface area contributed by atoms with Crippen LogP contribution < -0.4 is 9.47 Å². The molecule has 0 aliphatic carbocycles. The predicted octanol–water partition coefficient (Wildman–Crippen LogP) is 4.75. The van der Waals surface area contributed by atoms with Crippen LogP contribution in [0.25, 0.3) is 0 Å². The highest BCUT2D eigenvalue weighted by molar-refractivity contribution is 7.09. The molecule has 0 aliphatic heterocycles. The molecule has 0 radical (unpaired) electrons. The van der Waals surface area contributed by atoms with Crippen molar-refractivity contribution >= 4 is 17.2 Å². The van der Waals surface area contributed by atoms with Crippen LogP contribution in [0, 0.1) is 5.82 Å². The largest absolute Gasteiger partial charge is 0.494 e. The molecular formula is C21H20FNO3S. The Morgan fingerprint density at radius 2 is 2.00 bits per heavy atom. The van der Waals surface area contributed by atoms with Crippen LogP contribution in [0.3, 0.4) is 0 Å². The lowest BCUT2D eigenvalue weighted by Gasteiger charge is -2.18. The first kappa shape index (κ1) is 18.9. The smallest absolute Gasteiger partial charge is 0.254 e. The molecule has 1 heterocycles. The number of amides is 1. The van der Waals surface area contributed by atoms with E-state index in [1.54, 1.807) is 53.6 Å². The zero-order valence-electron chi connectivity index (χ0n) is 15.1. The number of hydrogen-bond donors (Lipinski definition) is 0. The molecule has 2 aromatic carbocycles. The molecule has 0 atom stereocenters. The van der Waals surface area contributed by atoms with Crippen LogP contribution in [0.2, 0.25) is 0 Å². The van der Waals surface area contributed by atoms with Gasteiger partial charge >= 0.3 is 0 Å². The van der Waals surface area contributed by atoms with Gasteiger partial charge in [0, 0.05) is 24.0 Å². The molecule has 1 aromatic heterocycles. The Balaban J connectivity index is 1.65. The van der Waals surface area contributed by atoms with E-state index in [1.807, 2.05) is 23.6 Å². The molecule has 6 heteroatoms. The summed E-state index contributed by atoms with van der Waals surface area (Å²) in [6, 6.07) is 15.7. The highest BCUT2D eigenvalue weighted by Crippen LogP contribution is 2.21. The van der Waals surface area contributed by atoms with E-state index in [-0.39, 0.29) is 11.7 Å². The topological polar surface area (TPSA) is 38.8 Å². The van der Waals surface area contributed by atoms with E-state index in [4.69, 9.17) is 9.47 Å². The Morgan fingerprint density at radius 3 is 2.70 bits per heavy atom. The van der Waals surface area contributed by atoms with Crippen molar-refractivity contribution in [2.75, 3.05) is 14.2 Å². The minimum Gasteiger partial charge on any atom is -0.494 e. The third kappa shape index (κ3) is 4.86. The number of thiophene rings is 1. The fourth-order valence-electron chi connectivity index (χ4n) is 2.64. The molecule has 0 aliphatic rings. The van der Waals surface area contributed by atoms with Gasteiger partial charge in [0.2, 0.25) is 0 Å². The molecule has 0 fully saturated rings. The zero-order chi connectivity index (χ0) is 19.2. The summed E-state index contributed by atoms with van der Waals surface area (Å²) in [6.07, 6.45) is 0. The van der Waals surface area contributed by atoms with Gasteiger partial charge in [-0.3, -0.25) is 4.79 Å². The van der Waals surface area contributed by atoms with Crippen LogP contribution in [-0.4, -0.2) is 25.0 Å². The van der Waals surface area contributed by atoms with Gasteiger partial charge in [0.15, 0.2) is 11.6 Å². The molecule has 27 heavy (non-hydrogen) atoms. The number of methoxy groups -OCH3 is 1. The molecule has 3 aromatic rings. The van der Waals surface area contributed by atoms with Gasteiger partial charge in [0.1, 0.15) is 12.4 Å². The van der Waals surface area contributed by atoms with Gasteiger partial charge in [0.05, 0.1) is 7.11 Å². The number of ether oxygens (including phenoxy) is 2. The fourth-order valence-corrected chi connectivity index (χ4v) is 3.26. The first-order valence-electron chi connectivity index (χ1n) is 8.40. The van der Waals surface area contributed by atoms with Crippen LogP contribution in [0.15, 0.2) is 60.0 Å². The lowest BCUT2D eigenvalue weighted by molar-refractivity contribution is 0.0784. The van der Waals surface area contributed by atoms with Crippen molar-refractivity contribution in [1.29, 1.82) is 0 Å². The monoisotopic (exact) mass is 385 g/mol. The summed E-state index contributed by atoms with van der Waals surface area (Å²) in [6.45, 7) is 0.760. The molecule has 0 bridgehead atoms. The first-order chi connectivity index (χ1) is 13.1. The lowest BCUT2D eigenvalue weighted by atomic mass is 10.1. The molecule has 0 spiro atoms. The third-order valence-corrected chi connectivity index (χ3v) is 4.87. The van der Waals surface area contributed by atoms with E-state index < -0.39 is 5.82 Å². The fraction of sp³-hybridized carbons (Fsp3) is 0.190. The van der Waals surface area contributed by atoms with Gasteiger partial charge in [-0.05, 0) is 47.3 Å². The molecule has 3 rings (SSSR count). The normalized spacial score (nSPS) is 10.5. The van der Waals surface area contributed by atoms with Gasteiger partial charge in [-0.15, -0.1) is 11.3 Å². The zero-order valence-corrected chi connectivity index (χ0v) is 16.0. The highest BCUT2D eigenvalue weighted by atomic mass is 32.1. The maximum Gasteiger partial charge on any atom is 0.254 e. The summed E-state index contributed by atoms with van der Waals surface area (Å²) >= 11 is 1.62. The number of benzene rings is 2. The maximum atomic E-state index is 13.8. The number of halogens is 1. The highest BCUT2D eigenvalue weighted by Gasteiger charge is 2.14. The van der Waals surface area contributed by atoms with E-state index in [1.165, 1.54) is 13.2 Å². The van der Waals surface area contributed by atoms with Crippen molar-refractivity contribution in [2.45, 2.75) is 13.2 Å². The number of rotatable bonds is 7. The van der Waals surface area contributed by atoms with Crippen LogP contribution in [0.1, 0.15) is 20.8 Å². The summed E-state index contributed by atoms with van der Waals surface area (Å²) < 4.78 is 24.5. The van der Waals surface area contributed by atoms with Crippen LogP contribution in [0.4, 0.5) is 4.39 Å². The summed E-state index contributed by atoms with van der Waals surface area (Å²) in [5.41, 5.74) is 1.21. The molecule has 4 nitrogen and oxygen atoms in total. The number of carbonyl (C=O) groups excluding carboxylic acids is 1. The Hall–Kier alpha value is -2.86. The lowest BCUT2D eigenvalue weighted by Crippen LogP contribution is -2.26. The van der Waals surface area contributed by atoms with Gasteiger partial charge in [-0.25, -0.2) is 4.39 Å². The Labute approximate surface area is 161 Å². The standard InChI is InChI=1S/C21H20FNO3S/c1-23(13-15-8-9-20(25-2)19(22)11-15)21(24)16-5-3-6-17(12-16)26-14-18-7-4-10-27-18/h3-12H,13-14H2,1-2H3. The van der Waals surface area contributed by atoms with Gasteiger partial charge < -0.3 is 14.4 Å². The summed E-state index contributed by atoms with van der Waals surface area (Å²) in [5, 5.41) is 2.00. The molecule has 1 amide bonds. The molecule has 0 unspecified atom stereocenters.